The molecular formula is C24H22N2O4. The molecule has 6 heteroatoms. The number of pyridine rings is 1. The predicted molar refractivity (Wildman–Crippen MR) is 112 cm³/mol. The fraction of sp³-hybridized carbons (Fsp3) is 0.208. The monoisotopic (exact) mass is 402 g/mol. The van der Waals surface area contributed by atoms with Crippen LogP contribution in [-0.2, 0) is 20.7 Å². The number of nitrogens with one attached hydrogen (secondary N) is 1. The molecule has 0 unspecified atom stereocenters. The Kier molecular flexibility index (Phi) is 5.48. The van der Waals surface area contributed by atoms with Gasteiger partial charge in [0.15, 0.2) is 0 Å². The van der Waals surface area contributed by atoms with Gasteiger partial charge in [0.2, 0.25) is 11.8 Å². The van der Waals surface area contributed by atoms with Crippen molar-refractivity contribution in [2.45, 2.75) is 18.4 Å². The number of aromatic nitrogens is 1. The second-order valence-electron chi connectivity index (χ2n) is 7.07. The van der Waals surface area contributed by atoms with E-state index < -0.39 is 17.9 Å². The van der Waals surface area contributed by atoms with Gasteiger partial charge in [-0.15, -0.1) is 0 Å². The van der Waals surface area contributed by atoms with Gasteiger partial charge < -0.3 is 14.8 Å². The molecule has 0 saturated carbocycles. The number of rotatable bonds is 6. The summed E-state index contributed by atoms with van der Waals surface area (Å²) in [6.07, 6.45) is 1.83. The molecule has 0 bridgehead atoms. The Morgan fingerprint density at radius 1 is 0.967 bits per heavy atom. The average molecular weight is 402 g/mol. The summed E-state index contributed by atoms with van der Waals surface area (Å²) in [5.41, 5.74) is 4.65. The molecule has 1 heterocycles. The molecule has 1 aromatic heterocycles. The second-order valence-corrected chi connectivity index (χ2v) is 7.07. The van der Waals surface area contributed by atoms with Crippen molar-refractivity contribution >= 4 is 11.9 Å². The van der Waals surface area contributed by atoms with Crippen molar-refractivity contribution in [1.29, 1.82) is 0 Å². The number of carbonyl (C=O) groups is 2. The van der Waals surface area contributed by atoms with E-state index in [0.29, 0.717) is 11.4 Å². The molecule has 1 aliphatic carbocycles. The third-order valence-electron chi connectivity index (χ3n) is 5.37. The van der Waals surface area contributed by atoms with Gasteiger partial charge in [0.25, 0.3) is 0 Å². The van der Waals surface area contributed by atoms with Crippen LogP contribution in [0.15, 0.2) is 66.9 Å². The lowest BCUT2D eigenvalue weighted by Gasteiger charge is -2.21. The standard InChI is InChI=1S/C24H22N2O4/c1-29-23-15(8-7-13-25-23)14-20(24(28)30-2)26-22(27)21-18-11-5-3-9-16(18)17-10-4-6-12-19(17)21/h3-13,20-21H,14H2,1-2H3,(H,26,27)/t20-/m1/s1. The Labute approximate surface area is 174 Å². The van der Waals surface area contributed by atoms with Crippen molar-refractivity contribution in [1.82, 2.24) is 10.3 Å². The van der Waals surface area contributed by atoms with Crippen LogP contribution in [0.4, 0.5) is 0 Å². The molecule has 1 N–H and O–H groups in total. The highest BCUT2D eigenvalue weighted by Gasteiger charge is 2.35. The van der Waals surface area contributed by atoms with Crippen LogP contribution < -0.4 is 10.1 Å². The minimum atomic E-state index is -0.861. The number of benzene rings is 2. The number of esters is 1. The smallest absolute Gasteiger partial charge is 0.328 e. The van der Waals surface area contributed by atoms with Gasteiger partial charge in [-0.2, -0.15) is 0 Å². The summed E-state index contributed by atoms with van der Waals surface area (Å²) in [6.45, 7) is 0. The van der Waals surface area contributed by atoms with Crippen molar-refractivity contribution in [2.24, 2.45) is 0 Å². The summed E-state index contributed by atoms with van der Waals surface area (Å²) in [5, 5.41) is 2.89. The normalized spacial score (nSPS) is 13.1. The van der Waals surface area contributed by atoms with E-state index in [-0.39, 0.29) is 12.3 Å². The van der Waals surface area contributed by atoms with Crippen molar-refractivity contribution in [3.05, 3.63) is 83.6 Å². The molecule has 152 valence electrons. The number of carbonyl (C=O) groups excluding carboxylic acids is 2. The molecule has 0 aliphatic heterocycles. The molecule has 0 radical (unpaired) electrons. The highest BCUT2D eigenvalue weighted by molar-refractivity contribution is 5.97. The van der Waals surface area contributed by atoms with Crippen LogP contribution in [0.2, 0.25) is 0 Å². The molecule has 1 aliphatic rings. The number of fused-ring (bicyclic) bond motifs is 3. The molecule has 6 nitrogen and oxygen atoms in total. The summed E-state index contributed by atoms with van der Waals surface area (Å²) < 4.78 is 10.2. The van der Waals surface area contributed by atoms with Gasteiger partial charge in [0.05, 0.1) is 20.1 Å². The first kappa shape index (κ1) is 19.6. The number of amides is 1. The number of hydrogen-bond acceptors (Lipinski definition) is 5. The van der Waals surface area contributed by atoms with Gasteiger partial charge in [-0.1, -0.05) is 54.6 Å². The third-order valence-corrected chi connectivity index (χ3v) is 5.37. The number of methoxy groups -OCH3 is 2. The predicted octanol–water partition coefficient (Wildman–Crippen LogP) is 3.10. The molecule has 30 heavy (non-hydrogen) atoms. The highest BCUT2D eigenvalue weighted by Crippen LogP contribution is 2.44. The molecule has 2 aromatic carbocycles. The first-order valence-electron chi connectivity index (χ1n) is 9.68. The van der Waals surface area contributed by atoms with E-state index in [1.165, 1.54) is 14.2 Å². The van der Waals surface area contributed by atoms with Crippen molar-refractivity contribution in [3.8, 4) is 17.0 Å². The number of hydrogen-bond donors (Lipinski definition) is 1. The topological polar surface area (TPSA) is 77.5 Å². The van der Waals surface area contributed by atoms with Crippen LogP contribution in [0.25, 0.3) is 11.1 Å². The van der Waals surface area contributed by atoms with E-state index in [1.54, 1.807) is 12.3 Å². The lowest BCUT2D eigenvalue weighted by Crippen LogP contribution is -2.45. The first-order chi connectivity index (χ1) is 14.6. The quantitative estimate of drug-likeness (QED) is 0.641. The van der Waals surface area contributed by atoms with E-state index >= 15 is 0 Å². The van der Waals surface area contributed by atoms with Gasteiger partial charge in [0.1, 0.15) is 6.04 Å². The number of ether oxygens (including phenoxy) is 2. The minimum Gasteiger partial charge on any atom is -0.481 e. The maximum Gasteiger partial charge on any atom is 0.328 e. The van der Waals surface area contributed by atoms with E-state index in [9.17, 15) is 9.59 Å². The molecule has 0 fully saturated rings. The van der Waals surface area contributed by atoms with Crippen LogP contribution in [0.1, 0.15) is 22.6 Å². The second kappa shape index (κ2) is 8.37. The maximum absolute atomic E-state index is 13.4. The molecule has 3 aromatic rings. The molecule has 4 rings (SSSR count). The first-order valence-corrected chi connectivity index (χ1v) is 9.68. The zero-order valence-corrected chi connectivity index (χ0v) is 16.8. The maximum atomic E-state index is 13.4. The zero-order chi connectivity index (χ0) is 21.1. The summed E-state index contributed by atoms with van der Waals surface area (Å²) in [7, 11) is 2.83. The molecule has 1 amide bonds. The van der Waals surface area contributed by atoms with E-state index in [1.807, 2.05) is 54.6 Å². The van der Waals surface area contributed by atoms with Gasteiger partial charge >= 0.3 is 5.97 Å². The van der Waals surface area contributed by atoms with E-state index in [0.717, 1.165) is 22.3 Å². The summed E-state index contributed by atoms with van der Waals surface area (Å²) in [6, 6.07) is 18.4. The Hall–Kier alpha value is -3.67. The van der Waals surface area contributed by atoms with Crippen molar-refractivity contribution < 1.29 is 19.1 Å². The fourth-order valence-electron chi connectivity index (χ4n) is 4.01. The van der Waals surface area contributed by atoms with Gasteiger partial charge in [-0.3, -0.25) is 4.79 Å². The lowest BCUT2D eigenvalue weighted by molar-refractivity contribution is -0.145. The SMILES string of the molecule is COC(=O)[C@@H](Cc1cccnc1OC)NC(=O)C1c2ccccc2-c2ccccc21. The van der Waals surface area contributed by atoms with Crippen molar-refractivity contribution in [3.63, 3.8) is 0 Å². The molecule has 0 spiro atoms. The van der Waals surface area contributed by atoms with Gasteiger partial charge in [-0.05, 0) is 28.3 Å². The highest BCUT2D eigenvalue weighted by atomic mass is 16.5. The summed E-state index contributed by atoms with van der Waals surface area (Å²) in [4.78, 5) is 30.0. The summed E-state index contributed by atoms with van der Waals surface area (Å²) in [5.74, 6) is -0.836. The fourth-order valence-corrected chi connectivity index (χ4v) is 4.01. The largest absolute Gasteiger partial charge is 0.481 e. The van der Waals surface area contributed by atoms with E-state index in [4.69, 9.17) is 9.47 Å². The molecule has 1 atom stereocenters. The number of nitrogens with zero attached hydrogens (tertiary/aromatic N) is 1. The van der Waals surface area contributed by atoms with E-state index in [2.05, 4.69) is 10.3 Å². The van der Waals surface area contributed by atoms with Gasteiger partial charge in [-0.25, -0.2) is 9.78 Å². The van der Waals surface area contributed by atoms with Crippen LogP contribution >= 0.6 is 0 Å². The third kappa shape index (κ3) is 3.52. The van der Waals surface area contributed by atoms with Crippen LogP contribution in [0, 0.1) is 0 Å². The molecular weight excluding hydrogens is 380 g/mol. The Balaban J connectivity index is 1.64. The Bertz CT molecular complexity index is 1050. The Morgan fingerprint density at radius 2 is 1.60 bits per heavy atom. The lowest BCUT2D eigenvalue weighted by atomic mass is 9.95. The van der Waals surface area contributed by atoms with Crippen molar-refractivity contribution in [2.75, 3.05) is 14.2 Å². The van der Waals surface area contributed by atoms with Crippen LogP contribution in [0.5, 0.6) is 5.88 Å². The Morgan fingerprint density at radius 3 is 2.20 bits per heavy atom. The zero-order valence-electron chi connectivity index (χ0n) is 16.8. The van der Waals surface area contributed by atoms with Gasteiger partial charge in [0, 0.05) is 18.2 Å². The van der Waals surface area contributed by atoms with Crippen LogP contribution in [-0.4, -0.2) is 37.1 Å². The van der Waals surface area contributed by atoms with Crippen LogP contribution in [0.3, 0.4) is 0 Å². The molecule has 0 saturated heterocycles. The minimum absolute atomic E-state index is 0.214. The average Bonchev–Trinajstić information content (AvgIpc) is 3.13. The summed E-state index contributed by atoms with van der Waals surface area (Å²) >= 11 is 0.